The molecule has 1 aliphatic rings. The van der Waals surface area contributed by atoms with Crippen LogP contribution in [0.4, 0.5) is 5.69 Å². The van der Waals surface area contributed by atoms with Crippen LogP contribution >= 0.6 is 0 Å². The Hall–Kier alpha value is -3.28. The Bertz CT molecular complexity index is 1000. The summed E-state index contributed by atoms with van der Waals surface area (Å²) < 4.78 is 0. The van der Waals surface area contributed by atoms with Crippen LogP contribution < -0.4 is 4.90 Å². The van der Waals surface area contributed by atoms with E-state index in [0.29, 0.717) is 17.9 Å². The first-order chi connectivity index (χ1) is 15.0. The summed E-state index contributed by atoms with van der Waals surface area (Å²) in [7, 11) is 2.01. The van der Waals surface area contributed by atoms with E-state index in [-0.39, 0.29) is 0 Å². The number of aliphatic hydroxyl groups is 1. The van der Waals surface area contributed by atoms with Crippen molar-refractivity contribution < 1.29 is 5.11 Å². The van der Waals surface area contributed by atoms with Crippen LogP contribution in [0.15, 0.2) is 48.5 Å². The van der Waals surface area contributed by atoms with E-state index in [4.69, 9.17) is 5.26 Å². The van der Waals surface area contributed by atoms with E-state index in [2.05, 4.69) is 36.5 Å². The van der Waals surface area contributed by atoms with Gasteiger partial charge in [0.25, 0.3) is 0 Å². The molecule has 160 valence electrons. The molecule has 0 amide bonds. The lowest BCUT2D eigenvalue weighted by Gasteiger charge is -2.40. The first-order valence-corrected chi connectivity index (χ1v) is 10.5. The molecule has 0 radical (unpaired) electrons. The lowest BCUT2D eigenvalue weighted by molar-refractivity contribution is -0.0137. The normalized spacial score (nSPS) is 16.0. The molecule has 8 heteroatoms. The number of likely N-dealkylation sites (N-methyl/N-ethyl adjacent to an activating group) is 1. The third kappa shape index (κ3) is 5.26. The highest BCUT2D eigenvalue weighted by Crippen LogP contribution is 2.26. The van der Waals surface area contributed by atoms with E-state index in [1.165, 1.54) is 5.56 Å². The van der Waals surface area contributed by atoms with Crippen LogP contribution in [0.3, 0.4) is 0 Å². The largest absolute Gasteiger partial charge is 0.388 e. The van der Waals surface area contributed by atoms with Crippen molar-refractivity contribution >= 4 is 5.69 Å². The SMILES string of the molecule is CN(CC1(O)CCN(CCc2ccc(C#N)cc2)CC1)c1ccc(-c2nnn[nH]2)cc1. The highest BCUT2D eigenvalue weighted by molar-refractivity contribution is 5.59. The lowest BCUT2D eigenvalue weighted by Crippen LogP contribution is -2.50. The molecule has 31 heavy (non-hydrogen) atoms. The van der Waals surface area contributed by atoms with Crippen molar-refractivity contribution in [1.29, 1.82) is 5.26 Å². The Kier molecular flexibility index (Phi) is 6.26. The summed E-state index contributed by atoms with van der Waals surface area (Å²) in [5.74, 6) is 0.640. The molecule has 2 N–H and O–H groups in total. The summed E-state index contributed by atoms with van der Waals surface area (Å²) in [5.41, 5.74) is 3.22. The zero-order chi connectivity index (χ0) is 21.7. The predicted molar refractivity (Wildman–Crippen MR) is 118 cm³/mol. The van der Waals surface area contributed by atoms with E-state index in [9.17, 15) is 5.11 Å². The van der Waals surface area contributed by atoms with Crippen LogP contribution in [-0.4, -0.2) is 69.5 Å². The van der Waals surface area contributed by atoms with Crippen molar-refractivity contribution in [3.63, 3.8) is 0 Å². The van der Waals surface area contributed by atoms with Crippen molar-refractivity contribution in [2.24, 2.45) is 0 Å². The lowest BCUT2D eigenvalue weighted by atomic mass is 9.90. The average molecular weight is 418 g/mol. The van der Waals surface area contributed by atoms with Gasteiger partial charge in [-0.3, -0.25) is 0 Å². The molecule has 0 spiro atoms. The molecule has 0 bridgehead atoms. The molecule has 1 fully saturated rings. The van der Waals surface area contributed by atoms with Crippen LogP contribution in [0.2, 0.25) is 0 Å². The van der Waals surface area contributed by atoms with Gasteiger partial charge in [0.05, 0.1) is 17.2 Å². The van der Waals surface area contributed by atoms with Crippen LogP contribution in [0.1, 0.15) is 24.0 Å². The van der Waals surface area contributed by atoms with Gasteiger partial charge < -0.3 is 14.9 Å². The van der Waals surface area contributed by atoms with Crippen molar-refractivity contribution in [2.45, 2.75) is 24.9 Å². The first kappa shape index (κ1) is 21.0. The molecule has 1 aromatic heterocycles. The summed E-state index contributed by atoms with van der Waals surface area (Å²) in [6.45, 7) is 3.34. The van der Waals surface area contributed by atoms with Crippen LogP contribution in [0.5, 0.6) is 0 Å². The molecule has 2 heterocycles. The standard InChI is InChI=1S/C23H27N7O/c1-29(21-8-6-20(7-9-21)22-25-27-28-26-22)17-23(31)11-14-30(15-12-23)13-10-18-2-4-19(16-24)5-3-18/h2-9,31H,10-15,17H2,1H3,(H,25,26,27,28). The smallest absolute Gasteiger partial charge is 0.179 e. The van der Waals surface area contributed by atoms with Crippen LogP contribution in [0.25, 0.3) is 11.4 Å². The molecule has 0 aliphatic carbocycles. The number of aromatic amines is 1. The number of benzene rings is 2. The molecule has 8 nitrogen and oxygen atoms in total. The van der Waals surface area contributed by atoms with E-state index in [0.717, 1.165) is 50.1 Å². The summed E-state index contributed by atoms with van der Waals surface area (Å²) in [6.07, 6.45) is 2.47. The van der Waals surface area contributed by atoms with Gasteiger partial charge >= 0.3 is 0 Å². The Labute approximate surface area is 182 Å². The second-order valence-corrected chi connectivity index (χ2v) is 8.28. The minimum absolute atomic E-state index is 0.597. The molecule has 0 unspecified atom stereocenters. The van der Waals surface area contributed by atoms with E-state index in [1.807, 2.05) is 55.6 Å². The number of anilines is 1. The number of nitrogens with zero attached hydrogens (tertiary/aromatic N) is 6. The number of aromatic nitrogens is 4. The fourth-order valence-electron chi connectivity index (χ4n) is 4.07. The highest BCUT2D eigenvalue weighted by atomic mass is 16.3. The Balaban J connectivity index is 1.26. The summed E-state index contributed by atoms with van der Waals surface area (Å²) in [6, 6.07) is 17.9. The van der Waals surface area contributed by atoms with Gasteiger partial charge in [-0.25, -0.2) is 5.10 Å². The molecule has 0 atom stereocenters. The number of piperidine rings is 1. The Morgan fingerprint density at radius 3 is 2.45 bits per heavy atom. The van der Waals surface area contributed by atoms with Crippen molar-refractivity contribution in [2.75, 3.05) is 38.1 Å². The van der Waals surface area contributed by atoms with Crippen molar-refractivity contribution in [3.8, 4) is 17.5 Å². The van der Waals surface area contributed by atoms with Gasteiger partial charge in [-0.1, -0.05) is 12.1 Å². The van der Waals surface area contributed by atoms with Gasteiger partial charge in [-0.15, -0.1) is 5.10 Å². The van der Waals surface area contributed by atoms with Gasteiger partial charge in [0.2, 0.25) is 0 Å². The zero-order valence-electron chi connectivity index (χ0n) is 17.7. The highest BCUT2D eigenvalue weighted by Gasteiger charge is 2.33. The first-order valence-electron chi connectivity index (χ1n) is 10.5. The monoisotopic (exact) mass is 417 g/mol. The molecular weight excluding hydrogens is 390 g/mol. The number of nitriles is 1. The number of hydrogen-bond acceptors (Lipinski definition) is 7. The minimum Gasteiger partial charge on any atom is -0.388 e. The van der Waals surface area contributed by atoms with Gasteiger partial charge in [0, 0.05) is 44.5 Å². The molecule has 3 aromatic rings. The van der Waals surface area contributed by atoms with E-state index >= 15 is 0 Å². The van der Waals surface area contributed by atoms with Crippen LogP contribution in [-0.2, 0) is 6.42 Å². The maximum absolute atomic E-state index is 11.1. The maximum atomic E-state index is 11.1. The van der Waals surface area contributed by atoms with Crippen molar-refractivity contribution in [1.82, 2.24) is 25.5 Å². The number of rotatable bonds is 7. The second-order valence-electron chi connectivity index (χ2n) is 8.28. The van der Waals surface area contributed by atoms with Gasteiger partial charge in [-0.2, -0.15) is 5.26 Å². The molecule has 1 saturated heterocycles. The second kappa shape index (κ2) is 9.25. The maximum Gasteiger partial charge on any atom is 0.179 e. The van der Waals surface area contributed by atoms with Gasteiger partial charge in [-0.05, 0) is 71.7 Å². The van der Waals surface area contributed by atoms with Crippen molar-refractivity contribution in [3.05, 3.63) is 59.7 Å². The zero-order valence-corrected chi connectivity index (χ0v) is 17.7. The number of hydrogen-bond donors (Lipinski definition) is 2. The number of nitrogens with one attached hydrogen (secondary N) is 1. The molecular formula is C23H27N7O. The van der Waals surface area contributed by atoms with Gasteiger partial charge in [0.1, 0.15) is 0 Å². The number of tetrazole rings is 1. The minimum atomic E-state index is -0.687. The number of H-pyrrole nitrogens is 1. The fraction of sp³-hybridized carbons (Fsp3) is 0.391. The third-order valence-corrected chi connectivity index (χ3v) is 6.04. The average Bonchev–Trinajstić information content (AvgIpc) is 3.34. The topological polar surface area (TPSA) is 105 Å². The Morgan fingerprint density at radius 1 is 1.13 bits per heavy atom. The summed E-state index contributed by atoms with van der Waals surface area (Å²) in [5, 5.41) is 33.9. The van der Waals surface area contributed by atoms with Gasteiger partial charge in [0.15, 0.2) is 5.82 Å². The molecule has 1 aliphatic heterocycles. The van der Waals surface area contributed by atoms with E-state index < -0.39 is 5.60 Å². The molecule has 0 saturated carbocycles. The van der Waals surface area contributed by atoms with Crippen LogP contribution in [0, 0.1) is 11.3 Å². The van der Waals surface area contributed by atoms with E-state index in [1.54, 1.807) is 0 Å². The molecule has 4 rings (SSSR count). The number of likely N-dealkylation sites (tertiary alicyclic amines) is 1. The molecule has 2 aromatic carbocycles. The third-order valence-electron chi connectivity index (χ3n) is 6.04. The summed E-state index contributed by atoms with van der Waals surface area (Å²) >= 11 is 0. The Morgan fingerprint density at radius 2 is 1.84 bits per heavy atom. The summed E-state index contributed by atoms with van der Waals surface area (Å²) in [4.78, 5) is 4.52. The predicted octanol–water partition coefficient (Wildman–Crippen LogP) is 2.24. The fourth-order valence-corrected chi connectivity index (χ4v) is 4.07. The quantitative estimate of drug-likeness (QED) is 0.607.